The molecule has 0 saturated heterocycles. The van der Waals surface area contributed by atoms with E-state index in [1.807, 2.05) is 0 Å². The Bertz CT molecular complexity index is 365. The average molecular weight is 253 g/mol. The highest BCUT2D eigenvalue weighted by Gasteiger charge is 2.06. The van der Waals surface area contributed by atoms with E-state index in [-0.39, 0.29) is 0 Å². The molecule has 0 amide bonds. The molecule has 0 N–H and O–H groups in total. The van der Waals surface area contributed by atoms with Gasteiger partial charge in [0.2, 0.25) is 0 Å². The lowest BCUT2D eigenvalue weighted by molar-refractivity contribution is 0.357. The predicted octanol–water partition coefficient (Wildman–Crippen LogP) is 3.06. The van der Waals surface area contributed by atoms with Crippen LogP contribution in [0.3, 0.4) is 0 Å². The molecule has 0 aliphatic carbocycles. The van der Waals surface area contributed by atoms with Crippen molar-refractivity contribution in [2.45, 2.75) is 27.2 Å². The largest absolute Gasteiger partial charge is 0.483 e. The summed E-state index contributed by atoms with van der Waals surface area (Å²) in [5.74, 6) is 1.38. The van der Waals surface area contributed by atoms with Crippen molar-refractivity contribution in [2.24, 2.45) is 0 Å². The molecular formula is C14H23NOS. The first-order valence-corrected chi connectivity index (χ1v) is 6.74. The molecule has 0 fully saturated rings. The summed E-state index contributed by atoms with van der Waals surface area (Å²) in [4.78, 5) is 2.33. The minimum Gasteiger partial charge on any atom is -0.483 e. The average Bonchev–Trinajstić information content (AvgIpc) is 2.31. The second-order valence-electron chi connectivity index (χ2n) is 4.46. The Morgan fingerprint density at radius 1 is 1.24 bits per heavy atom. The van der Waals surface area contributed by atoms with E-state index in [0.29, 0.717) is 5.94 Å². The molecule has 0 unspecified atom stereocenters. The molecule has 0 atom stereocenters. The molecule has 1 rings (SSSR count). The van der Waals surface area contributed by atoms with Gasteiger partial charge < -0.3 is 9.64 Å². The van der Waals surface area contributed by atoms with Crippen LogP contribution in [0.2, 0.25) is 0 Å². The van der Waals surface area contributed by atoms with Crippen LogP contribution in [-0.2, 0) is 6.42 Å². The minimum absolute atomic E-state index is 0.429. The number of thiol groups is 1. The Kier molecular flexibility index (Phi) is 5.86. The van der Waals surface area contributed by atoms with Crippen LogP contribution in [0.1, 0.15) is 23.6 Å². The van der Waals surface area contributed by atoms with Crippen LogP contribution in [0.4, 0.5) is 0 Å². The summed E-state index contributed by atoms with van der Waals surface area (Å²) in [7, 11) is 2.15. The van der Waals surface area contributed by atoms with Crippen LogP contribution in [0, 0.1) is 13.8 Å². The Morgan fingerprint density at radius 2 is 1.94 bits per heavy atom. The van der Waals surface area contributed by atoms with Crippen molar-refractivity contribution in [3.8, 4) is 5.75 Å². The normalized spacial score (nSPS) is 10.9. The number of benzene rings is 1. The van der Waals surface area contributed by atoms with Crippen molar-refractivity contribution < 1.29 is 4.74 Å². The Balaban J connectivity index is 2.77. The van der Waals surface area contributed by atoms with E-state index in [4.69, 9.17) is 4.74 Å². The molecule has 0 bridgehead atoms. The Hall–Kier alpha value is -0.670. The summed E-state index contributed by atoms with van der Waals surface area (Å²) in [6.07, 6.45) is 1.10. The van der Waals surface area contributed by atoms with Crippen LogP contribution >= 0.6 is 12.6 Å². The number of rotatable bonds is 6. The summed E-state index contributed by atoms with van der Waals surface area (Å²) in [6.45, 7) is 8.61. The standard InChI is InChI=1S/C14H23NOS/c1-5-15(4)7-6-13-8-12(3)14(16-10-17)9-11(13)2/h8-9,17H,5-7,10H2,1-4H3. The molecule has 0 saturated carbocycles. The number of likely N-dealkylation sites (N-methyl/N-ethyl adjacent to an activating group) is 1. The van der Waals surface area contributed by atoms with Gasteiger partial charge in [-0.3, -0.25) is 0 Å². The zero-order valence-corrected chi connectivity index (χ0v) is 12.2. The fourth-order valence-electron chi connectivity index (χ4n) is 1.81. The van der Waals surface area contributed by atoms with Crippen molar-refractivity contribution >= 4 is 12.6 Å². The van der Waals surface area contributed by atoms with Crippen LogP contribution in [0.15, 0.2) is 12.1 Å². The molecule has 0 aliphatic rings. The van der Waals surface area contributed by atoms with Gasteiger partial charge in [-0.2, -0.15) is 0 Å². The second-order valence-corrected chi connectivity index (χ2v) is 4.72. The van der Waals surface area contributed by atoms with E-state index in [0.717, 1.165) is 25.3 Å². The number of aryl methyl sites for hydroxylation is 2. The van der Waals surface area contributed by atoms with E-state index in [1.54, 1.807) is 0 Å². The van der Waals surface area contributed by atoms with Crippen LogP contribution in [-0.4, -0.2) is 31.0 Å². The van der Waals surface area contributed by atoms with Gasteiger partial charge in [0.1, 0.15) is 11.7 Å². The molecule has 0 aliphatic heterocycles. The fourth-order valence-corrected chi connectivity index (χ4v) is 1.95. The first kappa shape index (κ1) is 14.4. The monoisotopic (exact) mass is 253 g/mol. The third-order valence-corrected chi connectivity index (χ3v) is 3.29. The second kappa shape index (κ2) is 6.92. The summed E-state index contributed by atoms with van der Waals surface area (Å²) < 4.78 is 5.47. The lowest BCUT2D eigenvalue weighted by Crippen LogP contribution is -2.20. The first-order chi connectivity index (χ1) is 8.08. The maximum Gasteiger partial charge on any atom is 0.131 e. The number of ether oxygens (including phenoxy) is 1. The zero-order chi connectivity index (χ0) is 12.8. The highest BCUT2D eigenvalue weighted by atomic mass is 32.1. The van der Waals surface area contributed by atoms with Crippen LogP contribution < -0.4 is 4.74 Å². The third-order valence-electron chi connectivity index (χ3n) is 3.16. The lowest BCUT2D eigenvalue weighted by atomic mass is 10.0. The highest BCUT2D eigenvalue weighted by Crippen LogP contribution is 2.23. The molecule has 2 nitrogen and oxygen atoms in total. The smallest absolute Gasteiger partial charge is 0.131 e. The van der Waals surface area contributed by atoms with E-state index < -0.39 is 0 Å². The molecule has 0 spiro atoms. The third kappa shape index (κ3) is 4.25. The molecule has 0 heterocycles. The van der Waals surface area contributed by atoms with E-state index in [1.165, 1.54) is 16.7 Å². The molecule has 96 valence electrons. The van der Waals surface area contributed by atoms with Gasteiger partial charge in [0.05, 0.1) is 0 Å². The minimum atomic E-state index is 0.429. The Morgan fingerprint density at radius 3 is 2.53 bits per heavy atom. The zero-order valence-electron chi connectivity index (χ0n) is 11.3. The quantitative estimate of drug-likeness (QED) is 0.618. The van der Waals surface area contributed by atoms with Gasteiger partial charge in [-0.25, -0.2) is 0 Å². The maximum absolute atomic E-state index is 5.47. The summed E-state index contributed by atoms with van der Waals surface area (Å²) in [5, 5.41) is 0. The van der Waals surface area contributed by atoms with Crippen molar-refractivity contribution in [3.05, 3.63) is 28.8 Å². The summed E-state index contributed by atoms with van der Waals surface area (Å²) in [6, 6.07) is 4.35. The first-order valence-electron chi connectivity index (χ1n) is 6.10. The van der Waals surface area contributed by atoms with Gasteiger partial charge in [0, 0.05) is 6.54 Å². The fraction of sp³-hybridized carbons (Fsp3) is 0.571. The molecular weight excluding hydrogens is 230 g/mol. The van der Waals surface area contributed by atoms with Gasteiger partial charge in [-0.05, 0) is 56.6 Å². The van der Waals surface area contributed by atoms with Crippen molar-refractivity contribution in [3.63, 3.8) is 0 Å². The molecule has 1 aromatic rings. The van der Waals surface area contributed by atoms with Crippen molar-refractivity contribution in [1.29, 1.82) is 0 Å². The van der Waals surface area contributed by atoms with Gasteiger partial charge in [0.15, 0.2) is 0 Å². The SMILES string of the molecule is CCN(C)CCc1cc(C)c(OCS)cc1C. The van der Waals surface area contributed by atoms with Crippen molar-refractivity contribution in [1.82, 2.24) is 4.90 Å². The summed E-state index contributed by atoms with van der Waals surface area (Å²) in [5.41, 5.74) is 3.91. The van der Waals surface area contributed by atoms with E-state index in [2.05, 4.69) is 57.5 Å². The van der Waals surface area contributed by atoms with Gasteiger partial charge in [0.25, 0.3) is 0 Å². The lowest BCUT2D eigenvalue weighted by Gasteiger charge is -2.16. The van der Waals surface area contributed by atoms with Gasteiger partial charge in [-0.1, -0.05) is 13.0 Å². The van der Waals surface area contributed by atoms with Crippen molar-refractivity contribution in [2.75, 3.05) is 26.1 Å². The summed E-state index contributed by atoms with van der Waals surface area (Å²) >= 11 is 4.09. The molecule has 3 heteroatoms. The maximum atomic E-state index is 5.47. The number of nitrogens with zero attached hydrogens (tertiary/aromatic N) is 1. The van der Waals surface area contributed by atoms with Crippen LogP contribution in [0.5, 0.6) is 5.75 Å². The highest BCUT2D eigenvalue weighted by molar-refractivity contribution is 7.80. The molecule has 0 radical (unpaired) electrons. The van der Waals surface area contributed by atoms with Gasteiger partial charge in [-0.15, -0.1) is 12.6 Å². The topological polar surface area (TPSA) is 12.5 Å². The Labute approximate surface area is 110 Å². The predicted molar refractivity (Wildman–Crippen MR) is 77.3 cm³/mol. The van der Waals surface area contributed by atoms with Crippen LogP contribution in [0.25, 0.3) is 0 Å². The van der Waals surface area contributed by atoms with Gasteiger partial charge >= 0.3 is 0 Å². The molecule has 0 aromatic heterocycles. The molecule has 17 heavy (non-hydrogen) atoms. The number of hydrogen-bond donors (Lipinski definition) is 1. The van der Waals surface area contributed by atoms with E-state index >= 15 is 0 Å². The van der Waals surface area contributed by atoms with E-state index in [9.17, 15) is 0 Å². The molecule has 1 aromatic carbocycles. The number of hydrogen-bond acceptors (Lipinski definition) is 3.